The van der Waals surface area contributed by atoms with Crippen molar-refractivity contribution in [2.24, 2.45) is 0 Å². The molecule has 0 saturated carbocycles. The Morgan fingerprint density at radius 1 is 1.22 bits per heavy atom. The van der Waals surface area contributed by atoms with Gasteiger partial charge in [-0.1, -0.05) is 36.4 Å². The molecule has 0 bridgehead atoms. The van der Waals surface area contributed by atoms with Gasteiger partial charge < -0.3 is 5.32 Å². The molecule has 2 aromatic carbocycles. The van der Waals surface area contributed by atoms with Crippen molar-refractivity contribution in [3.63, 3.8) is 0 Å². The Morgan fingerprint density at radius 2 is 2.04 bits per heavy atom. The van der Waals surface area contributed by atoms with Crippen LogP contribution in [0.5, 0.6) is 0 Å². The lowest BCUT2D eigenvalue weighted by molar-refractivity contribution is -0.121. The standard InChI is InChI=1S/C18H20N4O/c1-14(16-9-8-15-5-2-3-6-17(15)11-16)21-18(23)7-4-10-22-13-19-12-20-22/h2-3,5-6,8-9,11-14H,4,7,10H2,1H3,(H,21,23). The lowest BCUT2D eigenvalue weighted by Gasteiger charge is -2.15. The summed E-state index contributed by atoms with van der Waals surface area (Å²) in [6, 6.07) is 14.5. The van der Waals surface area contributed by atoms with Gasteiger partial charge in [-0.2, -0.15) is 5.10 Å². The van der Waals surface area contributed by atoms with Gasteiger partial charge in [-0.15, -0.1) is 0 Å². The van der Waals surface area contributed by atoms with Crippen molar-refractivity contribution in [2.75, 3.05) is 0 Å². The molecular formula is C18H20N4O. The number of amides is 1. The van der Waals surface area contributed by atoms with Crippen LogP contribution in [0.4, 0.5) is 0 Å². The van der Waals surface area contributed by atoms with Gasteiger partial charge in [0.05, 0.1) is 6.04 Å². The Bertz CT molecular complexity index is 783. The van der Waals surface area contributed by atoms with Gasteiger partial charge in [0.2, 0.25) is 5.91 Å². The number of aryl methyl sites for hydroxylation is 1. The topological polar surface area (TPSA) is 59.8 Å². The zero-order valence-electron chi connectivity index (χ0n) is 13.1. The first-order valence-electron chi connectivity index (χ1n) is 7.83. The van der Waals surface area contributed by atoms with Crippen molar-refractivity contribution in [2.45, 2.75) is 32.4 Å². The van der Waals surface area contributed by atoms with Gasteiger partial charge in [-0.3, -0.25) is 9.48 Å². The highest BCUT2D eigenvalue weighted by atomic mass is 16.1. The Kier molecular flexibility index (Phi) is 4.66. The average Bonchev–Trinajstić information content (AvgIpc) is 3.07. The molecule has 5 heteroatoms. The van der Waals surface area contributed by atoms with Crippen LogP contribution in [0.2, 0.25) is 0 Å². The van der Waals surface area contributed by atoms with Crippen molar-refractivity contribution in [1.82, 2.24) is 20.1 Å². The summed E-state index contributed by atoms with van der Waals surface area (Å²) in [6.45, 7) is 2.72. The van der Waals surface area contributed by atoms with Crippen LogP contribution in [0.25, 0.3) is 10.8 Å². The van der Waals surface area contributed by atoms with Crippen molar-refractivity contribution in [3.8, 4) is 0 Å². The molecule has 0 aliphatic carbocycles. The van der Waals surface area contributed by atoms with Crippen molar-refractivity contribution in [3.05, 3.63) is 60.7 Å². The molecular weight excluding hydrogens is 288 g/mol. The van der Waals surface area contributed by atoms with E-state index in [4.69, 9.17) is 0 Å². The largest absolute Gasteiger partial charge is 0.350 e. The summed E-state index contributed by atoms with van der Waals surface area (Å²) in [4.78, 5) is 15.9. The second kappa shape index (κ2) is 7.05. The minimum absolute atomic E-state index is 0.00141. The number of carbonyl (C=O) groups is 1. The monoisotopic (exact) mass is 308 g/mol. The van der Waals surface area contributed by atoms with E-state index in [1.807, 2.05) is 19.1 Å². The van der Waals surface area contributed by atoms with Crippen LogP contribution in [-0.2, 0) is 11.3 Å². The fourth-order valence-corrected chi connectivity index (χ4v) is 2.62. The zero-order chi connectivity index (χ0) is 16.1. The minimum Gasteiger partial charge on any atom is -0.350 e. The Labute approximate surface area is 135 Å². The third-order valence-corrected chi connectivity index (χ3v) is 3.91. The number of rotatable bonds is 6. The van der Waals surface area contributed by atoms with Gasteiger partial charge in [-0.05, 0) is 35.7 Å². The molecule has 3 rings (SSSR count). The molecule has 23 heavy (non-hydrogen) atoms. The first-order chi connectivity index (χ1) is 11.2. The average molecular weight is 308 g/mol. The van der Waals surface area contributed by atoms with Crippen LogP contribution in [0, 0.1) is 0 Å². The van der Waals surface area contributed by atoms with Crippen LogP contribution < -0.4 is 5.32 Å². The molecule has 1 amide bonds. The maximum absolute atomic E-state index is 12.1. The summed E-state index contributed by atoms with van der Waals surface area (Å²) in [5, 5.41) is 9.48. The van der Waals surface area contributed by atoms with Gasteiger partial charge in [0.15, 0.2) is 0 Å². The van der Waals surface area contributed by atoms with Gasteiger partial charge >= 0.3 is 0 Å². The van der Waals surface area contributed by atoms with E-state index in [-0.39, 0.29) is 11.9 Å². The highest BCUT2D eigenvalue weighted by molar-refractivity contribution is 5.83. The first kappa shape index (κ1) is 15.2. The SMILES string of the molecule is CC(NC(=O)CCCn1cncn1)c1ccc2ccccc2c1. The second-order valence-corrected chi connectivity index (χ2v) is 5.66. The van der Waals surface area contributed by atoms with Crippen LogP contribution in [-0.4, -0.2) is 20.7 Å². The Balaban J connectivity index is 1.54. The fourth-order valence-electron chi connectivity index (χ4n) is 2.62. The normalized spacial score (nSPS) is 12.2. The Morgan fingerprint density at radius 3 is 2.83 bits per heavy atom. The summed E-state index contributed by atoms with van der Waals surface area (Å²) in [5.74, 6) is 0.0609. The van der Waals surface area contributed by atoms with Crippen molar-refractivity contribution in [1.29, 1.82) is 0 Å². The lowest BCUT2D eigenvalue weighted by Crippen LogP contribution is -2.26. The van der Waals surface area contributed by atoms with E-state index in [0.717, 1.165) is 12.0 Å². The van der Waals surface area contributed by atoms with Crippen molar-refractivity contribution >= 4 is 16.7 Å². The first-order valence-corrected chi connectivity index (χ1v) is 7.83. The van der Waals surface area contributed by atoms with E-state index in [1.165, 1.54) is 17.1 Å². The molecule has 0 radical (unpaired) electrons. The van der Waals surface area contributed by atoms with E-state index >= 15 is 0 Å². The number of nitrogens with zero attached hydrogens (tertiary/aromatic N) is 3. The number of carbonyl (C=O) groups excluding carboxylic acids is 1. The Hall–Kier alpha value is -2.69. The van der Waals surface area contributed by atoms with Crippen LogP contribution in [0.1, 0.15) is 31.4 Å². The number of benzene rings is 2. The summed E-state index contributed by atoms with van der Waals surface area (Å²) in [6.07, 6.45) is 4.40. The summed E-state index contributed by atoms with van der Waals surface area (Å²) in [7, 11) is 0. The van der Waals surface area contributed by atoms with E-state index in [1.54, 1.807) is 11.0 Å². The summed E-state index contributed by atoms with van der Waals surface area (Å²) >= 11 is 0. The molecule has 3 aromatic rings. The number of fused-ring (bicyclic) bond motifs is 1. The number of aromatic nitrogens is 3. The molecule has 0 spiro atoms. The third-order valence-electron chi connectivity index (χ3n) is 3.91. The zero-order valence-corrected chi connectivity index (χ0v) is 13.1. The van der Waals surface area contributed by atoms with E-state index in [2.05, 4.69) is 45.7 Å². The van der Waals surface area contributed by atoms with Crippen LogP contribution >= 0.6 is 0 Å². The van der Waals surface area contributed by atoms with E-state index in [0.29, 0.717) is 13.0 Å². The van der Waals surface area contributed by atoms with Gasteiger partial charge in [-0.25, -0.2) is 4.98 Å². The van der Waals surface area contributed by atoms with Gasteiger partial charge in [0, 0.05) is 13.0 Å². The predicted molar refractivity (Wildman–Crippen MR) is 89.8 cm³/mol. The fraction of sp³-hybridized carbons (Fsp3) is 0.278. The quantitative estimate of drug-likeness (QED) is 0.761. The molecule has 5 nitrogen and oxygen atoms in total. The molecule has 0 aliphatic heterocycles. The molecule has 118 valence electrons. The molecule has 1 heterocycles. The molecule has 1 aromatic heterocycles. The highest BCUT2D eigenvalue weighted by Crippen LogP contribution is 2.20. The number of hydrogen-bond acceptors (Lipinski definition) is 3. The third kappa shape index (κ3) is 3.94. The van der Waals surface area contributed by atoms with Crippen LogP contribution in [0.15, 0.2) is 55.1 Å². The number of hydrogen-bond donors (Lipinski definition) is 1. The predicted octanol–water partition coefficient (Wildman–Crippen LogP) is 3.09. The highest BCUT2D eigenvalue weighted by Gasteiger charge is 2.10. The summed E-state index contributed by atoms with van der Waals surface area (Å²) < 4.78 is 1.74. The second-order valence-electron chi connectivity index (χ2n) is 5.66. The molecule has 0 saturated heterocycles. The maximum Gasteiger partial charge on any atom is 0.220 e. The molecule has 0 fully saturated rings. The molecule has 1 unspecified atom stereocenters. The smallest absolute Gasteiger partial charge is 0.220 e. The van der Waals surface area contributed by atoms with E-state index < -0.39 is 0 Å². The van der Waals surface area contributed by atoms with Crippen molar-refractivity contribution < 1.29 is 4.79 Å². The number of nitrogens with one attached hydrogen (secondary N) is 1. The lowest BCUT2D eigenvalue weighted by atomic mass is 10.0. The molecule has 0 aliphatic rings. The maximum atomic E-state index is 12.1. The van der Waals surface area contributed by atoms with Gasteiger partial charge in [0.1, 0.15) is 12.7 Å². The van der Waals surface area contributed by atoms with Crippen LogP contribution in [0.3, 0.4) is 0 Å². The summed E-state index contributed by atoms with van der Waals surface area (Å²) in [5.41, 5.74) is 1.12. The minimum atomic E-state index is -0.00141. The molecule has 1 N–H and O–H groups in total. The van der Waals surface area contributed by atoms with E-state index in [9.17, 15) is 4.79 Å². The van der Waals surface area contributed by atoms with Gasteiger partial charge in [0.25, 0.3) is 0 Å². The molecule has 1 atom stereocenters.